The molecule has 5 nitrogen and oxygen atoms in total. The van der Waals surface area contributed by atoms with Gasteiger partial charge in [0.2, 0.25) is 0 Å². The number of ether oxygens (including phenoxy) is 1. The lowest BCUT2D eigenvalue weighted by atomic mass is 10.2. The van der Waals surface area contributed by atoms with Gasteiger partial charge in [0, 0.05) is 5.69 Å². The van der Waals surface area contributed by atoms with Crippen molar-refractivity contribution in [2.45, 2.75) is 13.8 Å². The second-order valence-corrected chi connectivity index (χ2v) is 2.56. The number of carbonyl (C=O) groups excluding carboxylic acids is 2. The van der Waals surface area contributed by atoms with Gasteiger partial charge in [-0.1, -0.05) is 19.9 Å². The Morgan fingerprint density at radius 3 is 2.44 bits per heavy atom. The summed E-state index contributed by atoms with van der Waals surface area (Å²) in [6, 6.07) is 5.63. The third kappa shape index (κ3) is 4.45. The first-order valence-electron chi connectivity index (χ1n) is 4.88. The van der Waals surface area contributed by atoms with Crippen molar-refractivity contribution in [3.63, 3.8) is 0 Å². The zero-order valence-electron chi connectivity index (χ0n) is 9.61. The van der Waals surface area contributed by atoms with Crippen LogP contribution >= 0.6 is 0 Å². The number of hydrogen-bond acceptors (Lipinski definition) is 3. The fourth-order valence-corrected chi connectivity index (χ4v) is 0.984. The van der Waals surface area contributed by atoms with E-state index in [-0.39, 0.29) is 0 Å². The highest BCUT2D eigenvalue weighted by atomic mass is 16.5. The molecular formula is C11H16N2O3. The lowest BCUT2D eigenvalue weighted by molar-refractivity contribution is 0.0600. The minimum atomic E-state index is -0.674. The summed E-state index contributed by atoms with van der Waals surface area (Å²) in [6.07, 6.45) is 0. The number of urea groups is 1. The number of nitrogens with one attached hydrogen (secondary N) is 1. The van der Waals surface area contributed by atoms with Crippen LogP contribution in [0.4, 0.5) is 10.5 Å². The van der Waals surface area contributed by atoms with Crippen LogP contribution in [0.1, 0.15) is 24.2 Å². The molecular weight excluding hydrogens is 208 g/mol. The van der Waals surface area contributed by atoms with Gasteiger partial charge in [0.05, 0.1) is 12.7 Å². The van der Waals surface area contributed by atoms with Crippen molar-refractivity contribution < 1.29 is 14.3 Å². The van der Waals surface area contributed by atoms with Crippen LogP contribution in [-0.2, 0) is 4.74 Å². The molecule has 0 aromatic heterocycles. The molecule has 0 saturated carbocycles. The SMILES string of the molecule is CC.COC(=O)c1cccc(NC(N)=O)c1. The number of anilines is 1. The zero-order valence-corrected chi connectivity index (χ0v) is 9.61. The van der Waals surface area contributed by atoms with Gasteiger partial charge in [0.25, 0.3) is 0 Å². The van der Waals surface area contributed by atoms with Crippen LogP contribution in [0.3, 0.4) is 0 Å². The monoisotopic (exact) mass is 224 g/mol. The highest BCUT2D eigenvalue weighted by Crippen LogP contribution is 2.10. The number of primary amides is 1. The van der Waals surface area contributed by atoms with Crippen molar-refractivity contribution in [1.82, 2.24) is 0 Å². The van der Waals surface area contributed by atoms with Crippen molar-refractivity contribution in [3.05, 3.63) is 29.8 Å². The Morgan fingerprint density at radius 2 is 1.94 bits per heavy atom. The van der Waals surface area contributed by atoms with Crippen LogP contribution < -0.4 is 11.1 Å². The summed E-state index contributed by atoms with van der Waals surface area (Å²) in [5.74, 6) is -0.460. The maximum Gasteiger partial charge on any atom is 0.337 e. The van der Waals surface area contributed by atoms with E-state index in [4.69, 9.17) is 5.73 Å². The Labute approximate surface area is 94.6 Å². The number of methoxy groups -OCH3 is 1. The lowest BCUT2D eigenvalue weighted by Gasteiger charge is -2.03. The van der Waals surface area contributed by atoms with Crippen molar-refractivity contribution in [2.75, 3.05) is 12.4 Å². The van der Waals surface area contributed by atoms with Crippen LogP contribution in [0.5, 0.6) is 0 Å². The number of carbonyl (C=O) groups is 2. The van der Waals surface area contributed by atoms with Crippen LogP contribution in [0.2, 0.25) is 0 Å². The van der Waals surface area contributed by atoms with E-state index in [9.17, 15) is 9.59 Å². The average molecular weight is 224 g/mol. The Balaban J connectivity index is 0.00000106. The van der Waals surface area contributed by atoms with Gasteiger partial charge in [-0.2, -0.15) is 0 Å². The average Bonchev–Trinajstić information content (AvgIpc) is 2.30. The van der Waals surface area contributed by atoms with Crippen LogP contribution in [-0.4, -0.2) is 19.1 Å². The van der Waals surface area contributed by atoms with E-state index in [2.05, 4.69) is 10.1 Å². The topological polar surface area (TPSA) is 81.4 Å². The molecule has 0 aliphatic rings. The predicted molar refractivity (Wildman–Crippen MR) is 62.3 cm³/mol. The molecule has 88 valence electrons. The highest BCUT2D eigenvalue weighted by molar-refractivity contribution is 5.93. The molecule has 0 aliphatic heterocycles. The summed E-state index contributed by atoms with van der Waals surface area (Å²) in [7, 11) is 1.29. The molecule has 3 N–H and O–H groups in total. The third-order valence-electron chi connectivity index (χ3n) is 1.55. The molecule has 16 heavy (non-hydrogen) atoms. The van der Waals surface area contributed by atoms with Gasteiger partial charge >= 0.3 is 12.0 Å². The zero-order chi connectivity index (χ0) is 12.6. The number of esters is 1. The fourth-order valence-electron chi connectivity index (χ4n) is 0.984. The quantitative estimate of drug-likeness (QED) is 0.754. The first kappa shape index (κ1) is 14.0. The van der Waals surface area contributed by atoms with Crippen LogP contribution in [0.15, 0.2) is 24.3 Å². The number of rotatable bonds is 2. The van der Waals surface area contributed by atoms with E-state index in [0.29, 0.717) is 11.3 Å². The van der Waals surface area contributed by atoms with Crippen molar-refractivity contribution >= 4 is 17.7 Å². The highest BCUT2D eigenvalue weighted by Gasteiger charge is 2.05. The number of nitrogens with two attached hydrogens (primary N) is 1. The summed E-state index contributed by atoms with van der Waals surface area (Å²) in [5, 5.41) is 2.36. The molecule has 0 heterocycles. The molecule has 5 heteroatoms. The van der Waals surface area contributed by atoms with E-state index in [1.807, 2.05) is 13.8 Å². The van der Waals surface area contributed by atoms with Crippen molar-refractivity contribution in [3.8, 4) is 0 Å². The van der Waals surface area contributed by atoms with Gasteiger partial charge in [0.15, 0.2) is 0 Å². The van der Waals surface area contributed by atoms with E-state index < -0.39 is 12.0 Å². The Hall–Kier alpha value is -2.04. The van der Waals surface area contributed by atoms with E-state index in [0.717, 1.165) is 0 Å². The van der Waals surface area contributed by atoms with Crippen LogP contribution in [0, 0.1) is 0 Å². The lowest BCUT2D eigenvalue weighted by Crippen LogP contribution is -2.19. The van der Waals surface area contributed by atoms with Gasteiger partial charge in [0.1, 0.15) is 0 Å². The second-order valence-electron chi connectivity index (χ2n) is 2.56. The summed E-state index contributed by atoms with van der Waals surface area (Å²) in [6.45, 7) is 4.00. The van der Waals surface area contributed by atoms with Crippen molar-refractivity contribution in [2.24, 2.45) is 5.73 Å². The molecule has 2 amide bonds. The van der Waals surface area contributed by atoms with Gasteiger partial charge in [-0.15, -0.1) is 0 Å². The maximum atomic E-state index is 11.1. The molecule has 0 fully saturated rings. The first-order valence-corrected chi connectivity index (χ1v) is 4.88. The van der Waals surface area contributed by atoms with E-state index in [1.54, 1.807) is 18.2 Å². The molecule has 1 aromatic carbocycles. The minimum absolute atomic E-state index is 0.360. The van der Waals surface area contributed by atoms with Gasteiger partial charge < -0.3 is 15.8 Å². The normalized spacial score (nSPS) is 8.44. The standard InChI is InChI=1S/C9H10N2O3.C2H6/c1-14-8(12)6-3-2-4-7(5-6)11-9(10)13;1-2/h2-5H,1H3,(H3,10,11,13);1-2H3. The second kappa shape index (κ2) is 7.28. The first-order chi connectivity index (χ1) is 7.63. The molecule has 0 atom stereocenters. The Kier molecular flexibility index (Phi) is 6.35. The fraction of sp³-hybridized carbons (Fsp3) is 0.273. The van der Waals surface area contributed by atoms with Crippen LogP contribution in [0.25, 0.3) is 0 Å². The number of benzene rings is 1. The molecule has 0 aliphatic carbocycles. The van der Waals surface area contributed by atoms with Gasteiger partial charge in [-0.25, -0.2) is 9.59 Å². The summed E-state index contributed by atoms with van der Waals surface area (Å²) < 4.78 is 4.51. The third-order valence-corrected chi connectivity index (χ3v) is 1.55. The van der Waals surface area contributed by atoms with E-state index in [1.165, 1.54) is 13.2 Å². The minimum Gasteiger partial charge on any atom is -0.465 e. The Morgan fingerprint density at radius 1 is 1.31 bits per heavy atom. The smallest absolute Gasteiger partial charge is 0.337 e. The van der Waals surface area contributed by atoms with Gasteiger partial charge in [-0.3, -0.25) is 0 Å². The summed E-state index contributed by atoms with van der Waals surface area (Å²) in [5.41, 5.74) is 5.74. The largest absolute Gasteiger partial charge is 0.465 e. The Bertz CT molecular complexity index is 364. The molecule has 0 bridgehead atoms. The van der Waals surface area contributed by atoms with E-state index >= 15 is 0 Å². The summed E-state index contributed by atoms with van der Waals surface area (Å²) in [4.78, 5) is 21.6. The molecule has 0 unspecified atom stereocenters. The van der Waals surface area contributed by atoms with Crippen molar-refractivity contribution in [1.29, 1.82) is 0 Å². The maximum absolute atomic E-state index is 11.1. The summed E-state index contributed by atoms with van der Waals surface area (Å²) >= 11 is 0. The predicted octanol–water partition coefficient (Wildman–Crippen LogP) is 1.99. The number of amides is 2. The molecule has 1 aromatic rings. The number of hydrogen-bond donors (Lipinski definition) is 2. The molecule has 0 saturated heterocycles. The van der Waals surface area contributed by atoms with Gasteiger partial charge in [-0.05, 0) is 18.2 Å². The molecule has 0 spiro atoms. The molecule has 1 rings (SSSR count). The molecule has 0 radical (unpaired) electrons.